The molecule has 0 unspecified atom stereocenters. The summed E-state index contributed by atoms with van der Waals surface area (Å²) < 4.78 is 32.4. The van der Waals surface area contributed by atoms with Gasteiger partial charge < -0.3 is 10.1 Å². The number of ether oxygens (including phenoxy) is 1. The van der Waals surface area contributed by atoms with Crippen molar-refractivity contribution in [2.45, 2.75) is 66.0 Å². The third kappa shape index (κ3) is 4.93. The normalized spacial score (nSPS) is 17.4. The molecule has 1 amide bonds. The van der Waals surface area contributed by atoms with Crippen molar-refractivity contribution in [3.05, 3.63) is 58.1 Å². The molecule has 0 aliphatic carbocycles. The number of nitrogens with one attached hydrogen (secondary N) is 1. The van der Waals surface area contributed by atoms with Crippen molar-refractivity contribution in [2.75, 3.05) is 17.1 Å². The van der Waals surface area contributed by atoms with Crippen LogP contribution in [0.25, 0.3) is 0 Å². The minimum Gasteiger partial charge on any atom is -0.476 e. The van der Waals surface area contributed by atoms with Gasteiger partial charge in [0.05, 0.1) is 24.5 Å². The zero-order valence-corrected chi connectivity index (χ0v) is 21.1. The van der Waals surface area contributed by atoms with Gasteiger partial charge in [0.2, 0.25) is 10.0 Å². The molecule has 2 atom stereocenters. The molecule has 0 bridgehead atoms. The Kier molecular flexibility index (Phi) is 6.35. The largest absolute Gasteiger partial charge is 0.476 e. The Morgan fingerprint density at radius 3 is 2.31 bits per heavy atom. The number of carbonyl (C=O) groups is 1. The zero-order valence-electron chi connectivity index (χ0n) is 20.2. The maximum atomic E-state index is 13.1. The molecule has 3 rings (SSSR count). The van der Waals surface area contributed by atoms with Gasteiger partial charge >= 0.3 is 0 Å². The number of aryl methyl sites for hydroxylation is 3. The maximum Gasteiger partial charge on any atom is 0.263 e. The standard InChI is InChI=1S/C25H34N2O4S/c1-15-11-17(3)20(12-16(15)2)18(4)26-24(28)23-14-27(32(8,29)30)21-13-19(25(5,6)7)9-10-22(21)31-23/h9-13,18,23H,14H2,1-8H3,(H,26,28)/t18-,23-/m1/s1. The molecular weight excluding hydrogens is 424 g/mol. The highest BCUT2D eigenvalue weighted by atomic mass is 32.2. The van der Waals surface area contributed by atoms with E-state index in [0.717, 1.165) is 28.5 Å². The summed E-state index contributed by atoms with van der Waals surface area (Å²) in [5.41, 5.74) is 5.82. The molecule has 1 aliphatic rings. The second-order valence-corrected chi connectivity index (χ2v) is 11.8. The lowest BCUT2D eigenvalue weighted by atomic mass is 9.86. The minimum absolute atomic E-state index is 0.0656. The van der Waals surface area contributed by atoms with Gasteiger partial charge in [-0.05, 0) is 73.1 Å². The molecule has 0 fully saturated rings. The lowest BCUT2D eigenvalue weighted by Crippen LogP contribution is -2.51. The molecule has 2 aromatic carbocycles. The molecule has 32 heavy (non-hydrogen) atoms. The minimum atomic E-state index is -3.59. The van der Waals surface area contributed by atoms with Gasteiger partial charge in [-0.2, -0.15) is 0 Å². The van der Waals surface area contributed by atoms with Gasteiger partial charge in [0, 0.05) is 0 Å². The zero-order chi connectivity index (χ0) is 24.0. The summed E-state index contributed by atoms with van der Waals surface area (Å²) in [5, 5.41) is 3.01. The number of fused-ring (bicyclic) bond motifs is 1. The summed E-state index contributed by atoms with van der Waals surface area (Å²) in [6.07, 6.45) is 0.217. The van der Waals surface area contributed by atoms with E-state index in [4.69, 9.17) is 4.74 Å². The Hall–Kier alpha value is -2.54. The first-order valence-electron chi connectivity index (χ1n) is 10.9. The number of sulfonamides is 1. The number of amides is 1. The smallest absolute Gasteiger partial charge is 0.263 e. The van der Waals surface area contributed by atoms with E-state index in [-0.39, 0.29) is 23.9 Å². The summed E-state index contributed by atoms with van der Waals surface area (Å²) in [6, 6.07) is 9.47. The summed E-state index contributed by atoms with van der Waals surface area (Å²) in [5.74, 6) is 0.0548. The average Bonchev–Trinajstić information content (AvgIpc) is 2.67. The van der Waals surface area contributed by atoms with Crippen molar-refractivity contribution in [1.82, 2.24) is 5.32 Å². The van der Waals surface area contributed by atoms with Gasteiger partial charge in [-0.25, -0.2) is 8.42 Å². The molecule has 0 spiro atoms. The first-order chi connectivity index (χ1) is 14.7. The fraction of sp³-hybridized carbons (Fsp3) is 0.480. The molecule has 0 radical (unpaired) electrons. The second kappa shape index (κ2) is 8.43. The second-order valence-electron chi connectivity index (χ2n) is 9.86. The highest BCUT2D eigenvalue weighted by Gasteiger charge is 2.36. The van der Waals surface area contributed by atoms with Gasteiger partial charge in [-0.1, -0.05) is 39.0 Å². The highest BCUT2D eigenvalue weighted by Crippen LogP contribution is 2.38. The van der Waals surface area contributed by atoms with Gasteiger partial charge in [-0.3, -0.25) is 9.10 Å². The van der Waals surface area contributed by atoms with E-state index in [1.165, 1.54) is 9.87 Å². The highest BCUT2D eigenvalue weighted by molar-refractivity contribution is 7.92. The van der Waals surface area contributed by atoms with E-state index in [1.807, 2.05) is 32.9 Å². The molecule has 174 valence electrons. The van der Waals surface area contributed by atoms with Crippen molar-refractivity contribution in [2.24, 2.45) is 0 Å². The number of rotatable bonds is 4. The Bertz CT molecular complexity index is 1150. The maximum absolute atomic E-state index is 13.1. The van der Waals surface area contributed by atoms with Crippen LogP contribution in [0.4, 0.5) is 5.69 Å². The summed E-state index contributed by atoms with van der Waals surface area (Å²) in [4.78, 5) is 13.1. The van der Waals surface area contributed by atoms with Crippen LogP contribution >= 0.6 is 0 Å². The van der Waals surface area contributed by atoms with E-state index < -0.39 is 16.1 Å². The monoisotopic (exact) mass is 458 g/mol. The van der Waals surface area contributed by atoms with Crippen molar-refractivity contribution >= 4 is 21.6 Å². The van der Waals surface area contributed by atoms with Crippen LogP contribution in [-0.4, -0.2) is 33.2 Å². The van der Waals surface area contributed by atoms with Crippen LogP contribution in [0.15, 0.2) is 30.3 Å². The van der Waals surface area contributed by atoms with E-state index in [9.17, 15) is 13.2 Å². The molecular formula is C25H34N2O4S. The van der Waals surface area contributed by atoms with Crippen molar-refractivity contribution in [3.63, 3.8) is 0 Å². The molecule has 1 heterocycles. The van der Waals surface area contributed by atoms with Crippen molar-refractivity contribution in [1.29, 1.82) is 0 Å². The van der Waals surface area contributed by atoms with Crippen LogP contribution in [-0.2, 0) is 20.2 Å². The van der Waals surface area contributed by atoms with Crippen LogP contribution in [0.1, 0.15) is 61.6 Å². The first kappa shape index (κ1) is 24.1. The Morgan fingerprint density at radius 1 is 1.09 bits per heavy atom. The van der Waals surface area contributed by atoms with Crippen LogP contribution in [0.2, 0.25) is 0 Å². The first-order valence-corrected chi connectivity index (χ1v) is 12.7. The van der Waals surface area contributed by atoms with E-state index in [2.05, 4.69) is 45.1 Å². The molecule has 1 N–H and O–H groups in total. The molecule has 0 aromatic heterocycles. The predicted molar refractivity (Wildman–Crippen MR) is 129 cm³/mol. The summed E-state index contributed by atoms with van der Waals surface area (Å²) >= 11 is 0. The molecule has 0 saturated heterocycles. The van der Waals surface area contributed by atoms with Crippen LogP contribution < -0.4 is 14.4 Å². The fourth-order valence-corrected chi connectivity index (χ4v) is 4.91. The number of hydrogen-bond acceptors (Lipinski definition) is 4. The lowest BCUT2D eigenvalue weighted by Gasteiger charge is -2.35. The number of carbonyl (C=O) groups excluding carboxylic acids is 1. The molecule has 2 aromatic rings. The van der Waals surface area contributed by atoms with Gasteiger partial charge in [-0.15, -0.1) is 0 Å². The predicted octanol–water partition coefficient (Wildman–Crippen LogP) is 4.31. The SMILES string of the molecule is Cc1cc(C)c([C@@H](C)NC(=O)[C@H]2CN(S(C)(=O)=O)c3cc(C(C)(C)C)ccc3O2)cc1C. The molecule has 7 heteroatoms. The summed E-state index contributed by atoms with van der Waals surface area (Å²) in [7, 11) is -3.59. The van der Waals surface area contributed by atoms with Crippen LogP contribution in [0, 0.1) is 20.8 Å². The topological polar surface area (TPSA) is 75.7 Å². The van der Waals surface area contributed by atoms with Crippen LogP contribution in [0.5, 0.6) is 5.75 Å². The van der Waals surface area contributed by atoms with E-state index >= 15 is 0 Å². The fourth-order valence-electron chi connectivity index (χ4n) is 4.00. The molecule has 6 nitrogen and oxygen atoms in total. The Morgan fingerprint density at radius 2 is 1.72 bits per heavy atom. The third-order valence-corrected chi connectivity index (χ3v) is 7.24. The average molecular weight is 459 g/mol. The van der Waals surface area contributed by atoms with Gasteiger partial charge in [0.1, 0.15) is 5.75 Å². The van der Waals surface area contributed by atoms with Gasteiger partial charge in [0.25, 0.3) is 5.91 Å². The van der Waals surface area contributed by atoms with Crippen molar-refractivity contribution < 1.29 is 17.9 Å². The number of nitrogens with zero attached hydrogens (tertiary/aromatic N) is 1. The quantitative estimate of drug-likeness (QED) is 0.741. The Balaban J connectivity index is 1.88. The molecule has 0 saturated carbocycles. The Labute approximate surface area is 192 Å². The third-order valence-electron chi connectivity index (χ3n) is 6.09. The number of anilines is 1. The van der Waals surface area contributed by atoms with E-state index in [0.29, 0.717) is 11.4 Å². The summed E-state index contributed by atoms with van der Waals surface area (Å²) in [6.45, 7) is 14.2. The van der Waals surface area contributed by atoms with Crippen molar-refractivity contribution in [3.8, 4) is 5.75 Å². The number of benzene rings is 2. The van der Waals surface area contributed by atoms with Gasteiger partial charge in [0.15, 0.2) is 6.10 Å². The number of hydrogen-bond donors (Lipinski definition) is 1. The van der Waals surface area contributed by atoms with Crippen LogP contribution in [0.3, 0.4) is 0 Å². The van der Waals surface area contributed by atoms with E-state index in [1.54, 1.807) is 6.07 Å². The molecule has 1 aliphatic heterocycles. The lowest BCUT2D eigenvalue weighted by molar-refractivity contribution is -0.128.